The van der Waals surface area contributed by atoms with Crippen LogP contribution in [0.25, 0.3) is 16.6 Å². The molecule has 1 atom stereocenters. The monoisotopic (exact) mass is 745 g/mol. The number of nitrogens with zero attached hydrogens (tertiary/aromatic N) is 5. The fraction of sp³-hybridized carbons (Fsp3) is 0.345. The van der Waals surface area contributed by atoms with Gasteiger partial charge < -0.3 is 19.7 Å². The second-order valence-electron chi connectivity index (χ2n) is 10.2. The van der Waals surface area contributed by atoms with Gasteiger partial charge in [0.05, 0.1) is 23.6 Å². The molecule has 1 aliphatic rings. The van der Waals surface area contributed by atoms with Crippen LogP contribution in [-0.2, 0) is 20.9 Å². The largest absolute Gasteiger partial charge is 0.490 e. The van der Waals surface area contributed by atoms with Gasteiger partial charge in [0.2, 0.25) is 0 Å². The first-order valence-electron chi connectivity index (χ1n) is 13.8. The Kier molecular flexibility index (Phi) is 14.3. The molecule has 1 saturated heterocycles. The lowest BCUT2D eigenvalue weighted by Gasteiger charge is -2.38. The summed E-state index contributed by atoms with van der Waals surface area (Å²) in [5.41, 5.74) is 4.62. The third kappa shape index (κ3) is 12.9. The van der Waals surface area contributed by atoms with Gasteiger partial charge in [0, 0.05) is 60.1 Å². The van der Waals surface area contributed by atoms with Gasteiger partial charge in [-0.3, -0.25) is 14.8 Å². The number of rotatable bonds is 4. The minimum Gasteiger partial charge on any atom is -0.475 e. The standard InChI is InChI=1S/C23H25N5S.3C2HF3O2/c1-17-5-7-20(29-17)14-27-11-10-26(2)22(15-27)23-21-8-6-19(13-28(21)16-25-23)18-4-3-9-24-12-18;3*3-2(4,5)1(6)7/h3-9,12-13,16,22H,10-11,14-15H2,1-2H3;3*(H,6,7). The van der Waals surface area contributed by atoms with E-state index >= 15 is 0 Å². The molecular formula is C29H28F9N5O6S. The molecule has 0 spiro atoms. The summed E-state index contributed by atoms with van der Waals surface area (Å²) in [5, 5.41) is 21.4. The highest BCUT2D eigenvalue weighted by Crippen LogP contribution is 2.29. The van der Waals surface area contributed by atoms with Crippen LogP contribution in [0.4, 0.5) is 39.5 Å². The van der Waals surface area contributed by atoms with E-state index in [4.69, 9.17) is 34.7 Å². The Bertz CT molecular complexity index is 1670. The highest BCUT2D eigenvalue weighted by molar-refractivity contribution is 7.11. The highest BCUT2D eigenvalue weighted by atomic mass is 32.1. The number of alkyl halides is 9. The van der Waals surface area contributed by atoms with Crippen LogP contribution >= 0.6 is 11.3 Å². The Morgan fingerprint density at radius 1 is 0.840 bits per heavy atom. The molecule has 5 rings (SSSR count). The summed E-state index contributed by atoms with van der Waals surface area (Å²) < 4.78 is 97.4. The summed E-state index contributed by atoms with van der Waals surface area (Å²) in [6.45, 7) is 6.37. The Labute approximate surface area is 280 Å². The van der Waals surface area contributed by atoms with E-state index < -0.39 is 36.4 Å². The van der Waals surface area contributed by atoms with Crippen LogP contribution in [0.3, 0.4) is 0 Å². The van der Waals surface area contributed by atoms with Gasteiger partial charge in [-0.2, -0.15) is 39.5 Å². The number of aliphatic carboxylic acids is 3. The quantitative estimate of drug-likeness (QED) is 0.208. The van der Waals surface area contributed by atoms with Gasteiger partial charge in [0.1, 0.15) is 0 Å². The van der Waals surface area contributed by atoms with E-state index in [1.54, 1.807) is 6.20 Å². The number of imidazole rings is 1. The SMILES string of the molecule is Cc1ccc(CN2CCN(C)C(c3ncn4cc(-c5cccnc5)ccc34)C2)s1.O=C(O)C(F)(F)F.O=C(O)C(F)(F)F.O=C(O)C(F)(F)F. The summed E-state index contributed by atoms with van der Waals surface area (Å²) in [5.74, 6) is -8.27. The van der Waals surface area contributed by atoms with Gasteiger partial charge in [0.15, 0.2) is 0 Å². The number of hydrogen-bond acceptors (Lipinski definition) is 8. The molecule has 1 unspecified atom stereocenters. The average Bonchev–Trinajstić information content (AvgIpc) is 3.63. The average molecular weight is 746 g/mol. The number of likely N-dealkylation sites (N-methyl/N-ethyl adjacent to an activating group) is 1. The molecule has 274 valence electrons. The Hall–Kier alpha value is -4.76. The van der Waals surface area contributed by atoms with Crippen molar-refractivity contribution < 1.29 is 69.2 Å². The number of carbonyl (C=O) groups is 3. The second kappa shape index (κ2) is 17.3. The Morgan fingerprint density at radius 2 is 1.40 bits per heavy atom. The lowest BCUT2D eigenvalue weighted by atomic mass is 10.1. The van der Waals surface area contributed by atoms with Crippen molar-refractivity contribution in [2.75, 3.05) is 26.7 Å². The summed E-state index contributed by atoms with van der Waals surface area (Å²) in [6, 6.07) is 13.2. The second-order valence-corrected chi connectivity index (χ2v) is 11.6. The van der Waals surface area contributed by atoms with E-state index in [0.29, 0.717) is 6.04 Å². The van der Waals surface area contributed by atoms with E-state index in [1.807, 2.05) is 29.9 Å². The zero-order valence-corrected chi connectivity index (χ0v) is 26.6. The molecule has 3 N–H and O–H groups in total. The van der Waals surface area contributed by atoms with Crippen LogP contribution in [0, 0.1) is 6.92 Å². The number of hydrogen-bond donors (Lipinski definition) is 3. The molecule has 0 bridgehead atoms. The molecule has 50 heavy (non-hydrogen) atoms. The van der Waals surface area contributed by atoms with Crippen molar-refractivity contribution in [3.63, 3.8) is 0 Å². The van der Waals surface area contributed by atoms with E-state index in [9.17, 15) is 39.5 Å². The van der Waals surface area contributed by atoms with Crippen LogP contribution in [0.1, 0.15) is 21.5 Å². The van der Waals surface area contributed by atoms with E-state index in [0.717, 1.165) is 43.0 Å². The fourth-order valence-electron chi connectivity index (χ4n) is 4.14. The van der Waals surface area contributed by atoms with Crippen LogP contribution in [0.5, 0.6) is 0 Å². The van der Waals surface area contributed by atoms with Crippen molar-refractivity contribution in [2.24, 2.45) is 0 Å². The molecule has 1 fully saturated rings. The predicted octanol–water partition coefficient (Wildman–Crippen LogP) is 6.15. The van der Waals surface area contributed by atoms with Crippen LogP contribution in [0.15, 0.2) is 61.3 Å². The molecule has 21 heteroatoms. The molecular weight excluding hydrogens is 717 g/mol. The molecule has 0 radical (unpaired) electrons. The minimum absolute atomic E-state index is 0.305. The maximum absolute atomic E-state index is 10.6. The van der Waals surface area contributed by atoms with Crippen LogP contribution in [0.2, 0.25) is 0 Å². The maximum atomic E-state index is 10.6. The third-order valence-corrected chi connectivity index (χ3v) is 7.49. The van der Waals surface area contributed by atoms with Gasteiger partial charge >= 0.3 is 36.4 Å². The number of piperazine rings is 1. The van der Waals surface area contributed by atoms with Crippen LogP contribution in [-0.4, -0.2) is 103 Å². The molecule has 11 nitrogen and oxygen atoms in total. The minimum atomic E-state index is -5.08. The molecule has 4 aromatic rings. The number of aromatic nitrogens is 3. The predicted molar refractivity (Wildman–Crippen MR) is 159 cm³/mol. The third-order valence-electron chi connectivity index (χ3n) is 6.51. The fourth-order valence-corrected chi connectivity index (χ4v) is 5.07. The van der Waals surface area contributed by atoms with Gasteiger partial charge in [-0.15, -0.1) is 11.3 Å². The van der Waals surface area contributed by atoms with Crippen molar-refractivity contribution in [1.82, 2.24) is 24.2 Å². The van der Waals surface area contributed by atoms with Gasteiger partial charge in [-0.25, -0.2) is 19.4 Å². The zero-order valence-electron chi connectivity index (χ0n) is 25.8. The smallest absolute Gasteiger partial charge is 0.475 e. The van der Waals surface area contributed by atoms with Crippen molar-refractivity contribution in [3.8, 4) is 11.1 Å². The molecule has 0 aromatic carbocycles. The van der Waals surface area contributed by atoms with Crippen molar-refractivity contribution in [3.05, 3.63) is 76.8 Å². The number of halogens is 9. The molecule has 0 saturated carbocycles. The lowest BCUT2D eigenvalue weighted by Crippen LogP contribution is -2.46. The first-order chi connectivity index (χ1) is 23.0. The molecule has 0 amide bonds. The topological polar surface area (TPSA) is 149 Å². The first-order valence-corrected chi connectivity index (χ1v) is 14.6. The summed E-state index contributed by atoms with van der Waals surface area (Å²) in [4.78, 5) is 43.6. The summed E-state index contributed by atoms with van der Waals surface area (Å²) in [7, 11) is 2.21. The van der Waals surface area contributed by atoms with Gasteiger partial charge in [0.25, 0.3) is 0 Å². The van der Waals surface area contributed by atoms with Crippen molar-refractivity contribution in [1.29, 1.82) is 0 Å². The van der Waals surface area contributed by atoms with E-state index in [2.05, 4.69) is 69.7 Å². The molecule has 0 aliphatic carbocycles. The number of aryl methyl sites for hydroxylation is 1. The Balaban J connectivity index is 0.000000338. The van der Waals surface area contributed by atoms with Crippen molar-refractivity contribution >= 4 is 34.8 Å². The first kappa shape index (κ1) is 41.4. The van der Waals surface area contributed by atoms with E-state index in [1.165, 1.54) is 15.3 Å². The van der Waals surface area contributed by atoms with E-state index in [-0.39, 0.29) is 0 Å². The highest BCUT2D eigenvalue weighted by Gasteiger charge is 2.39. The van der Waals surface area contributed by atoms with Crippen LogP contribution < -0.4 is 0 Å². The number of thiophene rings is 1. The maximum Gasteiger partial charge on any atom is 0.490 e. The summed E-state index contributed by atoms with van der Waals surface area (Å²) in [6.07, 6.45) is -7.45. The van der Waals surface area contributed by atoms with Crippen molar-refractivity contribution in [2.45, 2.75) is 38.0 Å². The normalized spacial score (nSPS) is 15.5. The zero-order chi connectivity index (χ0) is 38.0. The molecule has 1 aliphatic heterocycles. The Morgan fingerprint density at radius 3 is 1.86 bits per heavy atom. The summed E-state index contributed by atoms with van der Waals surface area (Å²) >= 11 is 1.90. The molecule has 5 heterocycles. The van der Waals surface area contributed by atoms with Gasteiger partial charge in [-0.1, -0.05) is 12.1 Å². The number of pyridine rings is 2. The number of fused-ring (bicyclic) bond motifs is 1. The lowest BCUT2D eigenvalue weighted by molar-refractivity contribution is -0.193. The number of carboxylic acids is 3. The molecule has 4 aromatic heterocycles. The number of carboxylic acid groups (broad SMARTS) is 3. The van der Waals surface area contributed by atoms with Gasteiger partial charge in [-0.05, 0) is 43.8 Å².